The lowest BCUT2D eigenvalue weighted by atomic mass is 10.1. The fraction of sp³-hybridized carbons (Fsp3) is 0.176. The number of phenolic OH excluding ortho intramolecular Hbond substituents is 1. The summed E-state index contributed by atoms with van der Waals surface area (Å²) in [6.07, 6.45) is 1.40. The minimum Gasteiger partial charge on any atom is -0.507 e. The van der Waals surface area contributed by atoms with Gasteiger partial charge in [0.1, 0.15) is 5.75 Å². The Morgan fingerprint density at radius 1 is 1.09 bits per heavy atom. The van der Waals surface area contributed by atoms with Gasteiger partial charge in [-0.1, -0.05) is 12.1 Å². The van der Waals surface area contributed by atoms with Crippen molar-refractivity contribution >= 4 is 40.2 Å². The van der Waals surface area contributed by atoms with Crippen LogP contribution in [0.1, 0.15) is 28.8 Å². The summed E-state index contributed by atoms with van der Waals surface area (Å²) in [6.45, 7) is 0. The lowest BCUT2D eigenvalue weighted by Gasteiger charge is -2.08. The number of anilines is 1. The predicted molar refractivity (Wildman–Crippen MR) is 95.8 cm³/mol. The number of aryl methyl sites for hydroxylation is 1. The second kappa shape index (κ2) is 7.96. The van der Waals surface area contributed by atoms with E-state index in [1.54, 1.807) is 24.3 Å². The number of carboxylic acid groups (broad SMARTS) is 1. The van der Waals surface area contributed by atoms with Gasteiger partial charge in [0.15, 0.2) is 0 Å². The Balaban J connectivity index is 1.99. The van der Waals surface area contributed by atoms with Crippen LogP contribution in [0, 0.1) is 3.57 Å². The number of phenols is 1. The number of amides is 1. The number of hydrogen-bond donors (Lipinski definition) is 3. The number of carbonyl (C=O) groups is 2. The standard InChI is InChI=1S/C17H16INO4/c18-12-6-9-15(20)14(10-12)17(23)19-13-7-4-11(5-8-13)2-1-3-16(21)22/h4-10,20H,1-3H2,(H,19,23)(H,21,22). The summed E-state index contributed by atoms with van der Waals surface area (Å²) < 4.78 is 0.860. The first-order valence-electron chi connectivity index (χ1n) is 7.06. The highest BCUT2D eigenvalue weighted by Gasteiger charge is 2.11. The maximum absolute atomic E-state index is 12.2. The molecule has 23 heavy (non-hydrogen) atoms. The summed E-state index contributed by atoms with van der Waals surface area (Å²) in [5.74, 6) is -1.24. The molecule has 2 rings (SSSR count). The average molecular weight is 425 g/mol. The fourth-order valence-electron chi connectivity index (χ4n) is 2.09. The Morgan fingerprint density at radius 3 is 2.43 bits per heavy atom. The zero-order valence-electron chi connectivity index (χ0n) is 12.3. The van der Waals surface area contributed by atoms with Crippen molar-refractivity contribution in [2.45, 2.75) is 19.3 Å². The van der Waals surface area contributed by atoms with Crippen LogP contribution in [0.5, 0.6) is 5.75 Å². The third kappa shape index (κ3) is 5.24. The van der Waals surface area contributed by atoms with E-state index in [2.05, 4.69) is 27.9 Å². The zero-order valence-corrected chi connectivity index (χ0v) is 14.4. The molecule has 0 aliphatic carbocycles. The molecule has 0 spiro atoms. The van der Waals surface area contributed by atoms with Gasteiger partial charge < -0.3 is 15.5 Å². The van der Waals surface area contributed by atoms with E-state index in [1.165, 1.54) is 6.07 Å². The molecule has 0 heterocycles. The van der Waals surface area contributed by atoms with E-state index in [-0.39, 0.29) is 23.6 Å². The quantitative estimate of drug-likeness (QED) is 0.617. The lowest BCUT2D eigenvalue weighted by molar-refractivity contribution is -0.137. The highest BCUT2D eigenvalue weighted by Crippen LogP contribution is 2.21. The topological polar surface area (TPSA) is 86.6 Å². The monoisotopic (exact) mass is 425 g/mol. The number of rotatable bonds is 6. The summed E-state index contributed by atoms with van der Waals surface area (Å²) >= 11 is 2.08. The first-order chi connectivity index (χ1) is 11.0. The van der Waals surface area contributed by atoms with Crippen molar-refractivity contribution < 1.29 is 19.8 Å². The minimum absolute atomic E-state index is 0.0618. The van der Waals surface area contributed by atoms with Crippen LogP contribution >= 0.6 is 22.6 Å². The summed E-state index contributed by atoms with van der Waals surface area (Å²) in [7, 11) is 0. The summed E-state index contributed by atoms with van der Waals surface area (Å²) in [5.41, 5.74) is 1.86. The Morgan fingerprint density at radius 2 is 1.78 bits per heavy atom. The molecule has 120 valence electrons. The molecule has 0 radical (unpaired) electrons. The SMILES string of the molecule is O=C(O)CCCc1ccc(NC(=O)c2cc(I)ccc2O)cc1. The molecule has 2 aromatic carbocycles. The number of aliphatic carboxylic acids is 1. The first kappa shape index (κ1) is 17.3. The van der Waals surface area contributed by atoms with Crippen molar-refractivity contribution in [2.24, 2.45) is 0 Å². The Kier molecular flexibility index (Phi) is 5.97. The number of halogens is 1. The Hall–Kier alpha value is -2.09. The van der Waals surface area contributed by atoms with Crippen LogP contribution in [-0.2, 0) is 11.2 Å². The molecular weight excluding hydrogens is 409 g/mol. The fourth-order valence-corrected chi connectivity index (χ4v) is 2.58. The molecule has 0 saturated carbocycles. The predicted octanol–water partition coefficient (Wildman–Crippen LogP) is 3.66. The molecule has 0 unspecified atom stereocenters. The molecule has 0 aliphatic rings. The van der Waals surface area contributed by atoms with Gasteiger partial charge in [0.2, 0.25) is 0 Å². The van der Waals surface area contributed by atoms with Gasteiger partial charge in [-0.3, -0.25) is 9.59 Å². The van der Waals surface area contributed by atoms with E-state index in [1.807, 2.05) is 12.1 Å². The lowest BCUT2D eigenvalue weighted by Crippen LogP contribution is -2.12. The number of carbonyl (C=O) groups excluding carboxylic acids is 1. The molecule has 5 nitrogen and oxygen atoms in total. The maximum atomic E-state index is 12.2. The molecule has 0 atom stereocenters. The smallest absolute Gasteiger partial charge is 0.303 e. The normalized spacial score (nSPS) is 10.3. The van der Waals surface area contributed by atoms with Crippen molar-refractivity contribution in [3.63, 3.8) is 0 Å². The number of aromatic hydroxyl groups is 1. The summed E-state index contributed by atoms with van der Waals surface area (Å²) in [4.78, 5) is 22.7. The van der Waals surface area contributed by atoms with E-state index in [0.717, 1.165) is 9.13 Å². The van der Waals surface area contributed by atoms with Crippen LogP contribution in [0.2, 0.25) is 0 Å². The van der Waals surface area contributed by atoms with E-state index in [0.29, 0.717) is 18.5 Å². The summed E-state index contributed by atoms with van der Waals surface area (Å²) in [5, 5.41) is 21.1. The molecule has 0 saturated heterocycles. The van der Waals surface area contributed by atoms with Gasteiger partial charge in [-0.25, -0.2) is 0 Å². The zero-order chi connectivity index (χ0) is 16.8. The third-order valence-electron chi connectivity index (χ3n) is 3.27. The molecule has 3 N–H and O–H groups in total. The van der Waals surface area contributed by atoms with Crippen LogP contribution < -0.4 is 5.32 Å². The van der Waals surface area contributed by atoms with Crippen LogP contribution in [0.3, 0.4) is 0 Å². The van der Waals surface area contributed by atoms with Gasteiger partial charge in [0.25, 0.3) is 5.91 Å². The molecular formula is C17H16INO4. The molecule has 0 aliphatic heterocycles. The van der Waals surface area contributed by atoms with Gasteiger partial charge in [-0.05, 0) is 71.3 Å². The van der Waals surface area contributed by atoms with Gasteiger partial charge >= 0.3 is 5.97 Å². The minimum atomic E-state index is -0.800. The second-order valence-electron chi connectivity index (χ2n) is 5.06. The van der Waals surface area contributed by atoms with Gasteiger partial charge in [0, 0.05) is 15.7 Å². The highest BCUT2D eigenvalue weighted by molar-refractivity contribution is 14.1. The van der Waals surface area contributed by atoms with Crippen LogP contribution in [0.15, 0.2) is 42.5 Å². The summed E-state index contributed by atoms with van der Waals surface area (Å²) in [6, 6.07) is 12.1. The van der Waals surface area contributed by atoms with E-state index in [9.17, 15) is 14.7 Å². The van der Waals surface area contributed by atoms with Gasteiger partial charge in [-0.15, -0.1) is 0 Å². The van der Waals surface area contributed by atoms with Crippen molar-refractivity contribution in [1.29, 1.82) is 0 Å². The Bertz CT molecular complexity index is 713. The van der Waals surface area contributed by atoms with Crippen molar-refractivity contribution in [2.75, 3.05) is 5.32 Å². The Labute approximate surface area is 147 Å². The van der Waals surface area contributed by atoms with E-state index >= 15 is 0 Å². The second-order valence-corrected chi connectivity index (χ2v) is 6.31. The third-order valence-corrected chi connectivity index (χ3v) is 3.94. The van der Waals surface area contributed by atoms with Crippen molar-refractivity contribution in [3.8, 4) is 5.75 Å². The largest absolute Gasteiger partial charge is 0.507 e. The van der Waals surface area contributed by atoms with Gasteiger partial charge in [0.05, 0.1) is 5.56 Å². The molecule has 2 aromatic rings. The number of hydrogen-bond acceptors (Lipinski definition) is 3. The first-order valence-corrected chi connectivity index (χ1v) is 8.14. The van der Waals surface area contributed by atoms with Crippen molar-refractivity contribution in [3.05, 3.63) is 57.2 Å². The number of nitrogens with one attached hydrogen (secondary N) is 1. The molecule has 1 amide bonds. The average Bonchev–Trinajstić information content (AvgIpc) is 2.51. The highest BCUT2D eigenvalue weighted by atomic mass is 127. The molecule has 6 heteroatoms. The van der Waals surface area contributed by atoms with E-state index < -0.39 is 5.97 Å². The molecule has 0 fully saturated rings. The van der Waals surface area contributed by atoms with Crippen LogP contribution in [0.4, 0.5) is 5.69 Å². The van der Waals surface area contributed by atoms with Crippen LogP contribution in [0.25, 0.3) is 0 Å². The number of benzene rings is 2. The maximum Gasteiger partial charge on any atom is 0.303 e. The van der Waals surface area contributed by atoms with Crippen molar-refractivity contribution in [1.82, 2.24) is 0 Å². The number of carboxylic acids is 1. The van der Waals surface area contributed by atoms with Gasteiger partial charge in [-0.2, -0.15) is 0 Å². The molecule has 0 bridgehead atoms. The van der Waals surface area contributed by atoms with E-state index in [4.69, 9.17) is 5.11 Å². The molecule has 0 aromatic heterocycles. The van der Waals surface area contributed by atoms with Crippen LogP contribution in [-0.4, -0.2) is 22.1 Å².